The zero-order chi connectivity index (χ0) is 17.2. The predicted octanol–water partition coefficient (Wildman–Crippen LogP) is 3.92. The van der Waals surface area contributed by atoms with Crippen LogP contribution < -0.4 is 10.2 Å². The average molecular weight is 357 g/mol. The molecular formula is C20H21ClN2O2. The van der Waals surface area contributed by atoms with Crippen LogP contribution >= 0.6 is 11.6 Å². The highest BCUT2D eigenvalue weighted by atomic mass is 35.5. The first-order chi connectivity index (χ1) is 12.2. The Bertz CT molecular complexity index is 800. The summed E-state index contributed by atoms with van der Waals surface area (Å²) in [7, 11) is 0. The molecule has 2 aromatic carbocycles. The van der Waals surface area contributed by atoms with Crippen molar-refractivity contribution in [1.82, 2.24) is 0 Å². The van der Waals surface area contributed by atoms with Crippen molar-refractivity contribution >= 4 is 28.9 Å². The summed E-state index contributed by atoms with van der Waals surface area (Å²) in [5.41, 5.74) is 5.00. The van der Waals surface area contributed by atoms with Crippen molar-refractivity contribution in [2.45, 2.75) is 19.3 Å². The summed E-state index contributed by atoms with van der Waals surface area (Å²) in [6, 6.07) is 11.6. The lowest BCUT2D eigenvalue weighted by molar-refractivity contribution is 0.102. The average Bonchev–Trinajstić information content (AvgIpc) is 3.10. The molecule has 4 rings (SSSR count). The molecule has 130 valence electrons. The van der Waals surface area contributed by atoms with Gasteiger partial charge in [0.1, 0.15) is 0 Å². The summed E-state index contributed by atoms with van der Waals surface area (Å²) >= 11 is 6.44. The van der Waals surface area contributed by atoms with Crippen LogP contribution in [0.4, 0.5) is 11.4 Å². The van der Waals surface area contributed by atoms with Crippen molar-refractivity contribution in [2.75, 3.05) is 36.5 Å². The third kappa shape index (κ3) is 3.37. The highest BCUT2D eigenvalue weighted by Crippen LogP contribution is 2.35. The van der Waals surface area contributed by atoms with Crippen LogP contribution in [0.2, 0.25) is 5.02 Å². The van der Waals surface area contributed by atoms with Gasteiger partial charge in [0.25, 0.3) is 5.91 Å². The number of ether oxygens (including phenoxy) is 1. The fourth-order valence-corrected chi connectivity index (χ4v) is 3.93. The normalized spacial score (nSPS) is 16.6. The Kier molecular flexibility index (Phi) is 4.64. The zero-order valence-corrected chi connectivity index (χ0v) is 14.8. The first-order valence-corrected chi connectivity index (χ1v) is 9.14. The molecular weight excluding hydrogens is 336 g/mol. The zero-order valence-electron chi connectivity index (χ0n) is 14.1. The van der Waals surface area contributed by atoms with Gasteiger partial charge in [-0.05, 0) is 54.7 Å². The maximum Gasteiger partial charge on any atom is 0.255 e. The maximum absolute atomic E-state index is 12.8. The Morgan fingerprint density at radius 3 is 2.72 bits per heavy atom. The molecule has 1 N–H and O–H groups in total. The minimum absolute atomic E-state index is 0.0912. The number of halogens is 1. The number of nitrogens with zero attached hydrogens (tertiary/aromatic N) is 1. The van der Waals surface area contributed by atoms with Crippen LogP contribution in [0, 0.1) is 0 Å². The quantitative estimate of drug-likeness (QED) is 0.906. The number of carbonyl (C=O) groups is 1. The summed E-state index contributed by atoms with van der Waals surface area (Å²) in [5.74, 6) is -0.0912. The summed E-state index contributed by atoms with van der Waals surface area (Å²) < 4.78 is 5.42. The molecule has 2 aliphatic rings. The van der Waals surface area contributed by atoms with Gasteiger partial charge < -0.3 is 15.0 Å². The molecule has 0 bridgehead atoms. The summed E-state index contributed by atoms with van der Waals surface area (Å²) in [6.45, 7) is 2.88. The summed E-state index contributed by atoms with van der Waals surface area (Å²) in [5, 5.41) is 3.70. The van der Waals surface area contributed by atoms with Crippen LogP contribution in [0.15, 0.2) is 36.4 Å². The van der Waals surface area contributed by atoms with Gasteiger partial charge in [-0.1, -0.05) is 23.7 Å². The molecule has 25 heavy (non-hydrogen) atoms. The molecule has 0 aromatic heterocycles. The Labute approximate surface area is 152 Å². The molecule has 1 fully saturated rings. The third-order valence-corrected chi connectivity index (χ3v) is 5.23. The number of para-hydroxylation sites is 1. The van der Waals surface area contributed by atoms with E-state index >= 15 is 0 Å². The summed E-state index contributed by atoms with van der Waals surface area (Å²) in [4.78, 5) is 14.9. The molecule has 1 aliphatic carbocycles. The van der Waals surface area contributed by atoms with E-state index in [0.717, 1.165) is 37.3 Å². The fraction of sp³-hybridized carbons (Fsp3) is 0.350. The second-order valence-electron chi connectivity index (χ2n) is 6.53. The molecule has 1 amide bonds. The van der Waals surface area contributed by atoms with E-state index in [2.05, 4.69) is 16.3 Å². The first kappa shape index (κ1) is 16.4. The van der Waals surface area contributed by atoms with Gasteiger partial charge in [0, 0.05) is 18.7 Å². The minimum Gasteiger partial charge on any atom is -0.378 e. The predicted molar refractivity (Wildman–Crippen MR) is 101 cm³/mol. The highest BCUT2D eigenvalue weighted by molar-refractivity contribution is 6.34. The molecule has 1 aliphatic heterocycles. The third-order valence-electron chi connectivity index (χ3n) is 4.92. The molecule has 0 atom stereocenters. The minimum atomic E-state index is -0.0912. The van der Waals surface area contributed by atoms with Crippen LogP contribution in [0.5, 0.6) is 0 Å². The molecule has 2 aromatic rings. The number of anilines is 2. The molecule has 4 nitrogen and oxygen atoms in total. The van der Waals surface area contributed by atoms with Crippen molar-refractivity contribution in [2.24, 2.45) is 0 Å². The molecule has 5 heteroatoms. The standard InChI is InChI=1S/C20H21ClN2O2/c21-17-5-2-6-18(19(17)23-9-11-25-12-10-23)22-20(24)16-8-7-14-3-1-4-15(14)13-16/h2,5-8,13H,1,3-4,9-12H2,(H,22,24). The lowest BCUT2D eigenvalue weighted by Crippen LogP contribution is -2.37. The molecule has 1 saturated heterocycles. The van der Waals surface area contributed by atoms with E-state index in [0.29, 0.717) is 23.8 Å². The van der Waals surface area contributed by atoms with Gasteiger partial charge in [0.15, 0.2) is 0 Å². The van der Waals surface area contributed by atoms with Crippen molar-refractivity contribution in [3.63, 3.8) is 0 Å². The largest absolute Gasteiger partial charge is 0.378 e. The number of morpholine rings is 1. The van der Waals surface area contributed by atoms with Crippen molar-refractivity contribution < 1.29 is 9.53 Å². The topological polar surface area (TPSA) is 41.6 Å². The van der Waals surface area contributed by atoms with E-state index < -0.39 is 0 Å². The second kappa shape index (κ2) is 7.06. The number of hydrogen-bond acceptors (Lipinski definition) is 3. The molecule has 1 heterocycles. The summed E-state index contributed by atoms with van der Waals surface area (Å²) in [6.07, 6.45) is 3.36. The lowest BCUT2D eigenvalue weighted by Gasteiger charge is -2.31. The smallest absolute Gasteiger partial charge is 0.255 e. The number of benzene rings is 2. The number of aryl methyl sites for hydroxylation is 2. The molecule has 0 saturated carbocycles. The van der Waals surface area contributed by atoms with E-state index in [1.54, 1.807) is 0 Å². The van der Waals surface area contributed by atoms with Gasteiger partial charge in [-0.3, -0.25) is 4.79 Å². The Morgan fingerprint density at radius 2 is 1.88 bits per heavy atom. The Balaban J connectivity index is 1.60. The number of nitrogens with one attached hydrogen (secondary N) is 1. The van der Waals surface area contributed by atoms with E-state index in [1.807, 2.05) is 30.3 Å². The SMILES string of the molecule is O=C(Nc1cccc(Cl)c1N1CCOCC1)c1ccc2c(c1)CCC2. The van der Waals surface area contributed by atoms with Crippen LogP contribution in [0.25, 0.3) is 0 Å². The van der Waals surface area contributed by atoms with Crippen molar-refractivity contribution in [1.29, 1.82) is 0 Å². The van der Waals surface area contributed by atoms with Gasteiger partial charge in [-0.15, -0.1) is 0 Å². The number of rotatable bonds is 3. The van der Waals surface area contributed by atoms with E-state index in [-0.39, 0.29) is 5.91 Å². The highest BCUT2D eigenvalue weighted by Gasteiger charge is 2.20. The van der Waals surface area contributed by atoms with E-state index in [1.165, 1.54) is 17.5 Å². The maximum atomic E-state index is 12.8. The molecule has 0 unspecified atom stereocenters. The number of fused-ring (bicyclic) bond motifs is 1. The van der Waals surface area contributed by atoms with Crippen LogP contribution in [-0.4, -0.2) is 32.2 Å². The van der Waals surface area contributed by atoms with Gasteiger partial charge in [-0.2, -0.15) is 0 Å². The second-order valence-corrected chi connectivity index (χ2v) is 6.93. The monoisotopic (exact) mass is 356 g/mol. The fourth-order valence-electron chi connectivity index (χ4n) is 3.63. The Morgan fingerprint density at radius 1 is 1.08 bits per heavy atom. The molecule has 0 radical (unpaired) electrons. The lowest BCUT2D eigenvalue weighted by atomic mass is 10.1. The van der Waals surface area contributed by atoms with Crippen LogP contribution in [0.3, 0.4) is 0 Å². The first-order valence-electron chi connectivity index (χ1n) is 8.77. The number of amides is 1. The molecule has 0 spiro atoms. The van der Waals surface area contributed by atoms with E-state index in [9.17, 15) is 4.79 Å². The number of hydrogen-bond donors (Lipinski definition) is 1. The van der Waals surface area contributed by atoms with Crippen molar-refractivity contribution in [3.8, 4) is 0 Å². The van der Waals surface area contributed by atoms with Gasteiger partial charge in [0.2, 0.25) is 0 Å². The van der Waals surface area contributed by atoms with Crippen LogP contribution in [-0.2, 0) is 17.6 Å². The number of carbonyl (C=O) groups excluding carboxylic acids is 1. The van der Waals surface area contributed by atoms with Gasteiger partial charge >= 0.3 is 0 Å². The van der Waals surface area contributed by atoms with Crippen molar-refractivity contribution in [3.05, 3.63) is 58.1 Å². The Hall–Kier alpha value is -2.04. The van der Waals surface area contributed by atoms with E-state index in [4.69, 9.17) is 16.3 Å². The van der Waals surface area contributed by atoms with Gasteiger partial charge in [-0.25, -0.2) is 0 Å². The van der Waals surface area contributed by atoms with Gasteiger partial charge in [0.05, 0.1) is 29.6 Å². The van der Waals surface area contributed by atoms with Crippen LogP contribution in [0.1, 0.15) is 27.9 Å².